The molecule has 8 heteroatoms. The average Bonchev–Trinajstić information content (AvgIpc) is 2.38. The van der Waals surface area contributed by atoms with Crippen LogP contribution in [0.1, 0.15) is 20.8 Å². The Bertz CT molecular complexity index is 586. The zero-order chi connectivity index (χ0) is 16.2. The molecule has 0 saturated carbocycles. The van der Waals surface area contributed by atoms with Crippen LogP contribution in [0.4, 0.5) is 11.4 Å². The zero-order valence-corrected chi connectivity index (χ0v) is 13.4. The largest absolute Gasteiger partial charge is 0.473 e. The van der Waals surface area contributed by atoms with E-state index in [-0.39, 0.29) is 34.1 Å². The number of ether oxygens (including phenoxy) is 1. The summed E-state index contributed by atoms with van der Waals surface area (Å²) in [7, 11) is 0. The van der Waals surface area contributed by atoms with Crippen LogP contribution < -0.4 is 10.1 Å². The smallest absolute Gasteiger partial charge is 0.313 e. The maximum atomic E-state index is 11.7. The lowest BCUT2D eigenvalue weighted by atomic mass is 10.1. The second-order valence-corrected chi connectivity index (χ2v) is 5.35. The van der Waals surface area contributed by atoms with E-state index in [1.165, 1.54) is 39.0 Å². The van der Waals surface area contributed by atoms with Gasteiger partial charge in [0.05, 0.1) is 10.3 Å². The van der Waals surface area contributed by atoms with Crippen LogP contribution in [0, 0.1) is 10.1 Å². The number of rotatable bonds is 6. The summed E-state index contributed by atoms with van der Waals surface area (Å²) < 4.78 is 5.47. The fourth-order valence-corrected chi connectivity index (χ4v) is 2.20. The van der Waals surface area contributed by atoms with Gasteiger partial charge in [-0.1, -0.05) is 15.9 Å². The number of amides is 1. The Morgan fingerprint density at radius 1 is 1.43 bits per heavy atom. The van der Waals surface area contributed by atoms with E-state index in [1.807, 2.05) is 0 Å². The molecule has 0 aliphatic heterocycles. The number of anilines is 1. The van der Waals surface area contributed by atoms with Crippen molar-refractivity contribution in [1.82, 2.24) is 0 Å². The van der Waals surface area contributed by atoms with E-state index in [9.17, 15) is 19.7 Å². The van der Waals surface area contributed by atoms with Gasteiger partial charge in [-0.25, -0.2) is 0 Å². The van der Waals surface area contributed by atoms with Gasteiger partial charge in [0.25, 0.3) is 0 Å². The van der Waals surface area contributed by atoms with Gasteiger partial charge in [-0.2, -0.15) is 0 Å². The number of benzene rings is 1. The van der Waals surface area contributed by atoms with E-state index in [4.69, 9.17) is 4.74 Å². The molecular weight excluding hydrogens is 344 g/mol. The highest BCUT2D eigenvalue weighted by Gasteiger charge is 2.31. The number of hydrogen-bond acceptors (Lipinski definition) is 5. The quantitative estimate of drug-likeness (QED) is 0.478. The van der Waals surface area contributed by atoms with E-state index >= 15 is 0 Å². The van der Waals surface area contributed by atoms with Gasteiger partial charge < -0.3 is 10.1 Å². The Morgan fingerprint density at radius 3 is 2.52 bits per heavy atom. The number of nitro benzene ring substituents is 1. The molecule has 1 rings (SSSR count). The SMILES string of the molecule is CC(=O)Nc1ccc(OC(C)(C)C(=O)CBr)c([N+](=O)[O-])c1. The molecule has 1 amide bonds. The molecule has 0 aliphatic carbocycles. The maximum Gasteiger partial charge on any atom is 0.313 e. The summed E-state index contributed by atoms with van der Waals surface area (Å²) in [6, 6.07) is 4.01. The molecule has 21 heavy (non-hydrogen) atoms. The number of Topliss-reactive ketones (excluding diaryl/α,β-unsaturated/α-hetero) is 1. The Kier molecular flexibility index (Phi) is 5.42. The van der Waals surface area contributed by atoms with Crippen molar-refractivity contribution in [3.63, 3.8) is 0 Å². The van der Waals surface area contributed by atoms with Crippen LogP contribution in [0.3, 0.4) is 0 Å². The summed E-state index contributed by atoms with van der Waals surface area (Å²) >= 11 is 3.04. The average molecular weight is 359 g/mol. The molecule has 0 aromatic heterocycles. The van der Waals surface area contributed by atoms with E-state index in [0.717, 1.165) is 0 Å². The molecule has 7 nitrogen and oxygen atoms in total. The highest BCUT2D eigenvalue weighted by molar-refractivity contribution is 9.09. The van der Waals surface area contributed by atoms with Crippen molar-refractivity contribution in [3.8, 4) is 5.75 Å². The molecular formula is C13H15BrN2O5. The minimum atomic E-state index is -1.20. The normalized spacial score (nSPS) is 10.9. The molecule has 0 spiro atoms. The van der Waals surface area contributed by atoms with Gasteiger partial charge in [0, 0.05) is 18.7 Å². The van der Waals surface area contributed by atoms with E-state index in [0.29, 0.717) is 0 Å². The molecule has 0 saturated heterocycles. The number of nitro groups is 1. The number of carbonyl (C=O) groups is 2. The topological polar surface area (TPSA) is 98.5 Å². The lowest BCUT2D eigenvalue weighted by Gasteiger charge is -2.24. The molecule has 1 aromatic rings. The minimum Gasteiger partial charge on any atom is -0.473 e. The van der Waals surface area contributed by atoms with Crippen molar-refractivity contribution in [2.24, 2.45) is 0 Å². The molecule has 0 bridgehead atoms. The lowest BCUT2D eigenvalue weighted by Crippen LogP contribution is -2.39. The second-order valence-electron chi connectivity index (χ2n) is 4.79. The highest BCUT2D eigenvalue weighted by atomic mass is 79.9. The van der Waals surface area contributed by atoms with Crippen LogP contribution in [0.5, 0.6) is 5.75 Å². The molecule has 0 unspecified atom stereocenters. The maximum absolute atomic E-state index is 11.7. The standard InChI is InChI=1S/C13H15BrN2O5/c1-8(17)15-9-4-5-11(10(6-9)16(19)20)21-13(2,3)12(18)7-14/h4-6H,7H2,1-3H3,(H,15,17). The Morgan fingerprint density at radius 2 is 2.05 bits per heavy atom. The van der Waals surface area contributed by atoms with Gasteiger partial charge in [0.1, 0.15) is 0 Å². The number of hydrogen-bond donors (Lipinski definition) is 1. The van der Waals surface area contributed by atoms with Crippen molar-refractivity contribution < 1.29 is 19.2 Å². The first-order valence-electron chi connectivity index (χ1n) is 6.01. The molecule has 114 valence electrons. The minimum absolute atomic E-state index is 0.0339. The summed E-state index contributed by atoms with van der Waals surface area (Å²) in [5.41, 5.74) is -1.24. The number of nitrogens with one attached hydrogen (secondary N) is 1. The molecule has 1 N–H and O–H groups in total. The number of alkyl halides is 1. The number of ketones is 1. The van der Waals surface area contributed by atoms with Gasteiger partial charge in [0.15, 0.2) is 17.1 Å². The summed E-state index contributed by atoms with van der Waals surface area (Å²) in [4.78, 5) is 33.2. The van der Waals surface area contributed by atoms with Gasteiger partial charge in [-0.3, -0.25) is 19.7 Å². The Hall–Kier alpha value is -1.96. The van der Waals surface area contributed by atoms with E-state index in [2.05, 4.69) is 21.2 Å². The zero-order valence-electron chi connectivity index (χ0n) is 11.8. The first kappa shape index (κ1) is 17.1. The number of halogens is 1. The van der Waals surface area contributed by atoms with Crippen molar-refractivity contribution in [3.05, 3.63) is 28.3 Å². The van der Waals surface area contributed by atoms with Crippen molar-refractivity contribution in [1.29, 1.82) is 0 Å². The molecule has 0 heterocycles. The fourth-order valence-electron chi connectivity index (χ4n) is 1.52. The lowest BCUT2D eigenvalue weighted by molar-refractivity contribution is -0.386. The third kappa shape index (κ3) is 4.52. The van der Waals surface area contributed by atoms with Crippen LogP contribution in [0.2, 0.25) is 0 Å². The molecule has 0 radical (unpaired) electrons. The third-order valence-electron chi connectivity index (χ3n) is 2.63. The van der Waals surface area contributed by atoms with Crippen molar-refractivity contribution in [2.45, 2.75) is 26.4 Å². The third-order valence-corrected chi connectivity index (χ3v) is 3.14. The van der Waals surface area contributed by atoms with Gasteiger partial charge in [-0.05, 0) is 26.0 Å². The Labute approximate surface area is 129 Å². The van der Waals surface area contributed by atoms with Gasteiger partial charge in [-0.15, -0.1) is 0 Å². The summed E-state index contributed by atoms with van der Waals surface area (Å²) in [6.07, 6.45) is 0. The van der Waals surface area contributed by atoms with Crippen molar-refractivity contribution >= 4 is 39.0 Å². The van der Waals surface area contributed by atoms with Crippen LogP contribution in [0.25, 0.3) is 0 Å². The number of carbonyl (C=O) groups excluding carboxylic acids is 2. The fraction of sp³-hybridized carbons (Fsp3) is 0.385. The molecule has 0 fully saturated rings. The molecule has 0 atom stereocenters. The highest BCUT2D eigenvalue weighted by Crippen LogP contribution is 2.33. The summed E-state index contributed by atoms with van der Waals surface area (Å²) in [5, 5.41) is 13.6. The van der Waals surface area contributed by atoms with Crippen LogP contribution in [-0.4, -0.2) is 27.5 Å². The summed E-state index contributed by atoms with van der Waals surface area (Å²) in [6.45, 7) is 4.36. The predicted octanol–water partition coefficient (Wildman–Crippen LogP) is 2.67. The summed E-state index contributed by atoms with van der Waals surface area (Å²) in [5.74, 6) is -0.621. The predicted molar refractivity (Wildman–Crippen MR) is 80.9 cm³/mol. The van der Waals surface area contributed by atoms with E-state index in [1.54, 1.807) is 0 Å². The Balaban J connectivity index is 3.15. The first-order chi connectivity index (χ1) is 9.67. The first-order valence-corrected chi connectivity index (χ1v) is 7.14. The molecule has 1 aromatic carbocycles. The van der Waals surface area contributed by atoms with Gasteiger partial charge >= 0.3 is 5.69 Å². The second kappa shape index (κ2) is 6.66. The monoisotopic (exact) mass is 358 g/mol. The van der Waals surface area contributed by atoms with E-state index < -0.39 is 10.5 Å². The van der Waals surface area contributed by atoms with Crippen LogP contribution >= 0.6 is 15.9 Å². The van der Waals surface area contributed by atoms with Crippen molar-refractivity contribution in [2.75, 3.05) is 10.6 Å². The van der Waals surface area contributed by atoms with Crippen LogP contribution in [-0.2, 0) is 9.59 Å². The van der Waals surface area contributed by atoms with Gasteiger partial charge in [0.2, 0.25) is 5.91 Å². The van der Waals surface area contributed by atoms with Crippen LogP contribution in [0.15, 0.2) is 18.2 Å². The number of nitrogens with zero attached hydrogens (tertiary/aromatic N) is 1. The molecule has 0 aliphatic rings.